The first-order chi connectivity index (χ1) is 7.70. The first-order valence-electron chi connectivity index (χ1n) is 6.29. The van der Waals surface area contributed by atoms with Crippen molar-refractivity contribution in [1.29, 1.82) is 0 Å². The van der Waals surface area contributed by atoms with Crippen LogP contribution in [-0.4, -0.2) is 5.78 Å². The average molecular weight is 216 g/mol. The predicted octanol–water partition coefficient (Wildman–Crippen LogP) is 4.04. The molecule has 16 heavy (non-hydrogen) atoms. The van der Waals surface area contributed by atoms with Crippen LogP contribution in [0.15, 0.2) is 24.3 Å². The minimum Gasteiger partial charge on any atom is -0.299 e. The minimum atomic E-state index is 0.0526. The second kappa shape index (κ2) is 4.82. The third kappa shape index (κ3) is 2.18. The van der Waals surface area contributed by atoms with Crippen LogP contribution in [0.5, 0.6) is 0 Å². The van der Waals surface area contributed by atoms with E-state index in [1.807, 2.05) is 13.0 Å². The molecule has 1 aliphatic carbocycles. The molecule has 0 amide bonds. The van der Waals surface area contributed by atoms with Crippen LogP contribution in [0.4, 0.5) is 0 Å². The number of rotatable bonds is 3. The van der Waals surface area contributed by atoms with Gasteiger partial charge in [0, 0.05) is 5.92 Å². The molecule has 0 aromatic heterocycles. The molecule has 1 unspecified atom stereocenters. The Labute approximate surface area is 97.9 Å². The third-order valence-corrected chi connectivity index (χ3v) is 3.87. The lowest BCUT2D eigenvalue weighted by atomic mass is 9.86. The number of hydrogen-bond donors (Lipinski definition) is 0. The smallest absolute Gasteiger partial charge is 0.136 e. The van der Waals surface area contributed by atoms with E-state index in [9.17, 15) is 4.79 Å². The van der Waals surface area contributed by atoms with Crippen LogP contribution in [-0.2, 0) is 4.79 Å². The van der Waals surface area contributed by atoms with E-state index in [1.54, 1.807) is 6.92 Å². The number of benzene rings is 1. The molecular formula is C15H20O. The van der Waals surface area contributed by atoms with Crippen molar-refractivity contribution in [2.75, 3.05) is 0 Å². The molecule has 0 radical (unpaired) electrons. The Kier molecular flexibility index (Phi) is 3.42. The predicted molar refractivity (Wildman–Crippen MR) is 66.7 cm³/mol. The summed E-state index contributed by atoms with van der Waals surface area (Å²) in [6.07, 6.45) is 5.27. The maximum Gasteiger partial charge on any atom is 0.136 e. The Balaban J connectivity index is 2.33. The van der Waals surface area contributed by atoms with E-state index in [1.165, 1.54) is 36.8 Å². The van der Waals surface area contributed by atoms with E-state index >= 15 is 0 Å². The number of carbonyl (C=O) groups excluding carboxylic acids is 1. The maximum absolute atomic E-state index is 11.5. The molecule has 1 saturated carbocycles. The van der Waals surface area contributed by atoms with Gasteiger partial charge in [0.25, 0.3) is 0 Å². The van der Waals surface area contributed by atoms with Gasteiger partial charge in [-0.1, -0.05) is 44.0 Å². The fourth-order valence-electron chi connectivity index (χ4n) is 2.73. The van der Waals surface area contributed by atoms with Gasteiger partial charge in [-0.2, -0.15) is 0 Å². The summed E-state index contributed by atoms with van der Waals surface area (Å²) in [6, 6.07) is 8.49. The highest BCUT2D eigenvalue weighted by molar-refractivity contribution is 5.83. The Morgan fingerprint density at radius 3 is 2.50 bits per heavy atom. The zero-order chi connectivity index (χ0) is 11.5. The van der Waals surface area contributed by atoms with E-state index in [0.717, 1.165) is 0 Å². The van der Waals surface area contributed by atoms with Gasteiger partial charge in [0.05, 0.1) is 0 Å². The van der Waals surface area contributed by atoms with Gasteiger partial charge in [-0.25, -0.2) is 0 Å². The van der Waals surface area contributed by atoms with Gasteiger partial charge in [0.15, 0.2) is 0 Å². The average Bonchev–Trinajstić information content (AvgIpc) is 2.81. The highest BCUT2D eigenvalue weighted by atomic mass is 16.1. The van der Waals surface area contributed by atoms with Crippen LogP contribution in [0, 0.1) is 0 Å². The van der Waals surface area contributed by atoms with Crippen molar-refractivity contribution in [3.8, 4) is 0 Å². The number of hydrogen-bond acceptors (Lipinski definition) is 1. The van der Waals surface area contributed by atoms with Crippen molar-refractivity contribution in [2.45, 2.75) is 51.4 Å². The summed E-state index contributed by atoms with van der Waals surface area (Å²) in [7, 11) is 0. The SMILES string of the molecule is CC(=O)C(C)c1ccccc1C1CCCC1. The first-order valence-corrected chi connectivity index (χ1v) is 6.29. The lowest BCUT2D eigenvalue weighted by Crippen LogP contribution is -2.09. The lowest BCUT2D eigenvalue weighted by molar-refractivity contribution is -0.118. The van der Waals surface area contributed by atoms with Crippen molar-refractivity contribution in [3.05, 3.63) is 35.4 Å². The van der Waals surface area contributed by atoms with Gasteiger partial charge >= 0.3 is 0 Å². The number of Topliss-reactive ketones (excluding diaryl/α,β-unsaturated/α-hetero) is 1. The Bertz CT molecular complexity index is 375. The van der Waals surface area contributed by atoms with Crippen molar-refractivity contribution in [3.63, 3.8) is 0 Å². The Hall–Kier alpha value is -1.11. The van der Waals surface area contributed by atoms with Gasteiger partial charge in [0.1, 0.15) is 5.78 Å². The van der Waals surface area contributed by atoms with E-state index in [0.29, 0.717) is 5.92 Å². The normalized spacial score (nSPS) is 18.6. The van der Waals surface area contributed by atoms with Crippen LogP contribution < -0.4 is 0 Å². The molecule has 0 N–H and O–H groups in total. The van der Waals surface area contributed by atoms with Gasteiger partial charge in [-0.05, 0) is 36.8 Å². The molecule has 1 atom stereocenters. The highest BCUT2D eigenvalue weighted by Gasteiger charge is 2.22. The molecule has 1 fully saturated rings. The van der Waals surface area contributed by atoms with Gasteiger partial charge < -0.3 is 0 Å². The minimum absolute atomic E-state index is 0.0526. The summed E-state index contributed by atoms with van der Waals surface area (Å²) in [5, 5.41) is 0. The molecule has 1 aromatic carbocycles. The molecule has 0 heterocycles. The monoisotopic (exact) mass is 216 g/mol. The maximum atomic E-state index is 11.5. The van der Waals surface area contributed by atoms with Crippen molar-refractivity contribution in [2.24, 2.45) is 0 Å². The van der Waals surface area contributed by atoms with Crippen LogP contribution in [0.3, 0.4) is 0 Å². The van der Waals surface area contributed by atoms with Crippen molar-refractivity contribution < 1.29 is 4.79 Å². The fraction of sp³-hybridized carbons (Fsp3) is 0.533. The molecule has 1 nitrogen and oxygen atoms in total. The van der Waals surface area contributed by atoms with Gasteiger partial charge in [-0.3, -0.25) is 4.79 Å². The second-order valence-corrected chi connectivity index (χ2v) is 4.94. The zero-order valence-corrected chi connectivity index (χ0v) is 10.2. The van der Waals surface area contributed by atoms with Crippen LogP contribution in [0.25, 0.3) is 0 Å². The second-order valence-electron chi connectivity index (χ2n) is 4.94. The van der Waals surface area contributed by atoms with E-state index in [2.05, 4.69) is 18.2 Å². The summed E-state index contributed by atoms with van der Waals surface area (Å²) in [6.45, 7) is 3.71. The summed E-state index contributed by atoms with van der Waals surface area (Å²) in [5.74, 6) is 1.01. The summed E-state index contributed by atoms with van der Waals surface area (Å²) < 4.78 is 0. The molecule has 0 bridgehead atoms. The number of carbonyl (C=O) groups is 1. The lowest BCUT2D eigenvalue weighted by Gasteiger charge is -2.18. The molecular weight excluding hydrogens is 196 g/mol. The largest absolute Gasteiger partial charge is 0.299 e. The quantitative estimate of drug-likeness (QED) is 0.745. The molecule has 0 aliphatic heterocycles. The van der Waals surface area contributed by atoms with Crippen molar-refractivity contribution in [1.82, 2.24) is 0 Å². The summed E-state index contributed by atoms with van der Waals surface area (Å²) in [4.78, 5) is 11.5. The van der Waals surface area contributed by atoms with Gasteiger partial charge in [0.2, 0.25) is 0 Å². The van der Waals surface area contributed by atoms with E-state index in [-0.39, 0.29) is 11.7 Å². The Morgan fingerprint density at radius 2 is 1.88 bits per heavy atom. The summed E-state index contributed by atoms with van der Waals surface area (Å²) >= 11 is 0. The van der Waals surface area contributed by atoms with E-state index < -0.39 is 0 Å². The molecule has 1 aromatic rings. The molecule has 0 saturated heterocycles. The first kappa shape index (κ1) is 11.4. The fourth-order valence-corrected chi connectivity index (χ4v) is 2.73. The van der Waals surface area contributed by atoms with Crippen LogP contribution >= 0.6 is 0 Å². The van der Waals surface area contributed by atoms with Crippen LogP contribution in [0.2, 0.25) is 0 Å². The molecule has 1 aliphatic rings. The van der Waals surface area contributed by atoms with Crippen molar-refractivity contribution >= 4 is 5.78 Å². The topological polar surface area (TPSA) is 17.1 Å². The Morgan fingerprint density at radius 1 is 1.25 bits per heavy atom. The molecule has 86 valence electrons. The number of ketones is 1. The highest BCUT2D eigenvalue weighted by Crippen LogP contribution is 2.37. The third-order valence-electron chi connectivity index (χ3n) is 3.87. The molecule has 2 rings (SSSR count). The molecule has 1 heteroatoms. The standard InChI is InChI=1S/C15H20O/c1-11(12(2)16)14-9-5-6-10-15(14)13-7-3-4-8-13/h5-6,9-11,13H,3-4,7-8H2,1-2H3. The molecule has 0 spiro atoms. The van der Waals surface area contributed by atoms with Crippen LogP contribution in [0.1, 0.15) is 62.5 Å². The van der Waals surface area contributed by atoms with E-state index in [4.69, 9.17) is 0 Å². The summed E-state index contributed by atoms with van der Waals surface area (Å²) in [5.41, 5.74) is 2.67. The zero-order valence-electron chi connectivity index (χ0n) is 10.2. The van der Waals surface area contributed by atoms with Gasteiger partial charge in [-0.15, -0.1) is 0 Å².